The summed E-state index contributed by atoms with van der Waals surface area (Å²) in [7, 11) is 0. The fourth-order valence-corrected chi connectivity index (χ4v) is 3.12. The molecule has 2 N–H and O–H groups in total. The van der Waals surface area contributed by atoms with Crippen molar-refractivity contribution in [3.8, 4) is 11.3 Å². The molecule has 4 rings (SSSR count). The molecule has 0 aliphatic heterocycles. The Labute approximate surface area is 164 Å². The highest BCUT2D eigenvalue weighted by Gasteiger charge is 2.24. The van der Waals surface area contributed by atoms with Gasteiger partial charge >= 0.3 is 0 Å². The van der Waals surface area contributed by atoms with Gasteiger partial charge in [0.1, 0.15) is 23.8 Å². The van der Waals surface area contributed by atoms with Gasteiger partial charge in [-0.25, -0.2) is 4.39 Å². The summed E-state index contributed by atoms with van der Waals surface area (Å²) >= 11 is 6.10. The van der Waals surface area contributed by atoms with Gasteiger partial charge in [0.2, 0.25) is 0 Å². The van der Waals surface area contributed by atoms with Crippen LogP contribution in [0.25, 0.3) is 11.3 Å². The van der Waals surface area contributed by atoms with E-state index in [9.17, 15) is 9.18 Å². The number of nitrogens with zero attached hydrogens (tertiary/aromatic N) is 2. The minimum atomic E-state index is -0.603. The summed E-state index contributed by atoms with van der Waals surface area (Å²) in [6.07, 6.45) is 2.77. The van der Waals surface area contributed by atoms with Gasteiger partial charge in [-0.2, -0.15) is 5.10 Å². The maximum absolute atomic E-state index is 14.2. The van der Waals surface area contributed by atoms with Gasteiger partial charge in [-0.3, -0.25) is 9.89 Å². The van der Waals surface area contributed by atoms with Gasteiger partial charge in [-0.05, 0) is 29.8 Å². The third-order valence-corrected chi connectivity index (χ3v) is 4.47. The molecule has 0 saturated heterocycles. The summed E-state index contributed by atoms with van der Waals surface area (Å²) in [5, 5.41) is 14.0. The summed E-state index contributed by atoms with van der Waals surface area (Å²) in [6, 6.07) is 14.3. The number of benzene rings is 2. The Bertz CT molecular complexity index is 1110. The van der Waals surface area contributed by atoms with E-state index in [1.807, 2.05) is 6.07 Å². The van der Waals surface area contributed by atoms with E-state index in [-0.39, 0.29) is 11.1 Å². The predicted molar refractivity (Wildman–Crippen MR) is 101 cm³/mol. The Hall–Kier alpha value is -3.45. The van der Waals surface area contributed by atoms with E-state index in [0.29, 0.717) is 16.4 Å². The van der Waals surface area contributed by atoms with Gasteiger partial charge in [0.05, 0.1) is 17.5 Å². The number of carbonyl (C=O) groups is 1. The van der Waals surface area contributed by atoms with Crippen LogP contribution in [0.15, 0.2) is 71.6 Å². The first-order valence-electron chi connectivity index (χ1n) is 8.38. The zero-order chi connectivity index (χ0) is 19.5. The summed E-state index contributed by atoms with van der Waals surface area (Å²) in [6.45, 7) is 0. The number of hydrogen-bond acceptors (Lipinski definition) is 4. The van der Waals surface area contributed by atoms with Crippen LogP contribution in [0, 0.1) is 5.82 Å². The van der Waals surface area contributed by atoms with Crippen LogP contribution in [-0.4, -0.2) is 21.3 Å². The number of nitrogens with one attached hydrogen (secondary N) is 2. The second kappa shape index (κ2) is 7.66. The second-order valence-electron chi connectivity index (χ2n) is 6.02. The van der Waals surface area contributed by atoms with Crippen molar-refractivity contribution in [3.05, 3.63) is 94.7 Å². The highest BCUT2D eigenvalue weighted by atomic mass is 35.5. The summed E-state index contributed by atoms with van der Waals surface area (Å²) in [5.41, 5.74) is 1.99. The van der Waals surface area contributed by atoms with Crippen molar-refractivity contribution in [2.75, 3.05) is 0 Å². The first-order valence-corrected chi connectivity index (χ1v) is 8.76. The standard InChI is InChI=1S/C20H14ClFN4O2/c21-13-5-3-4-12(10-13)18(17-8-9-28-26-17)24-20(27)15-11-23-25-19(15)14-6-1-2-7-16(14)22/h1-11,18H,(H,23,25)(H,24,27)/t18-/m1/s1. The lowest BCUT2D eigenvalue weighted by atomic mass is 10.0. The lowest BCUT2D eigenvalue weighted by Crippen LogP contribution is -2.29. The summed E-state index contributed by atoms with van der Waals surface area (Å²) < 4.78 is 19.1. The van der Waals surface area contributed by atoms with Crippen LogP contribution in [0.1, 0.15) is 27.7 Å². The molecule has 6 nitrogen and oxygen atoms in total. The van der Waals surface area contributed by atoms with Gasteiger partial charge in [0, 0.05) is 16.7 Å². The van der Waals surface area contributed by atoms with Crippen molar-refractivity contribution >= 4 is 17.5 Å². The molecular weight excluding hydrogens is 383 g/mol. The quantitative estimate of drug-likeness (QED) is 0.524. The average molecular weight is 397 g/mol. The molecule has 0 spiro atoms. The van der Waals surface area contributed by atoms with Crippen LogP contribution in [0.2, 0.25) is 5.02 Å². The highest BCUT2D eigenvalue weighted by Crippen LogP contribution is 2.27. The molecule has 1 atom stereocenters. The Morgan fingerprint density at radius 3 is 2.79 bits per heavy atom. The lowest BCUT2D eigenvalue weighted by Gasteiger charge is -2.17. The Morgan fingerprint density at radius 1 is 1.18 bits per heavy atom. The maximum Gasteiger partial charge on any atom is 0.255 e. The van der Waals surface area contributed by atoms with Crippen molar-refractivity contribution in [1.82, 2.24) is 20.7 Å². The molecule has 2 heterocycles. The Balaban J connectivity index is 1.69. The third-order valence-electron chi connectivity index (χ3n) is 4.24. The van der Waals surface area contributed by atoms with Crippen LogP contribution in [0.5, 0.6) is 0 Å². The van der Waals surface area contributed by atoms with E-state index in [4.69, 9.17) is 16.1 Å². The van der Waals surface area contributed by atoms with Crippen LogP contribution < -0.4 is 5.32 Å². The van der Waals surface area contributed by atoms with Gasteiger partial charge in [0.25, 0.3) is 5.91 Å². The fraction of sp³-hybridized carbons (Fsp3) is 0.0500. The molecule has 8 heteroatoms. The maximum atomic E-state index is 14.2. The fourth-order valence-electron chi connectivity index (χ4n) is 2.92. The molecule has 0 unspecified atom stereocenters. The predicted octanol–water partition coefficient (Wildman–Crippen LogP) is 4.38. The summed E-state index contributed by atoms with van der Waals surface area (Å²) in [4.78, 5) is 13.0. The lowest BCUT2D eigenvalue weighted by molar-refractivity contribution is 0.0942. The van der Waals surface area contributed by atoms with Crippen molar-refractivity contribution in [2.45, 2.75) is 6.04 Å². The number of hydrogen-bond donors (Lipinski definition) is 2. The van der Waals surface area contributed by atoms with E-state index >= 15 is 0 Å². The van der Waals surface area contributed by atoms with Gasteiger partial charge in [0.15, 0.2) is 0 Å². The molecule has 140 valence electrons. The molecule has 2 aromatic heterocycles. The first-order chi connectivity index (χ1) is 13.6. The van der Waals surface area contributed by atoms with Gasteiger partial charge in [-0.1, -0.05) is 41.0 Å². The van der Waals surface area contributed by atoms with Crippen molar-refractivity contribution in [3.63, 3.8) is 0 Å². The van der Waals surface area contributed by atoms with Crippen LogP contribution in [0.4, 0.5) is 4.39 Å². The number of halogens is 2. The highest BCUT2D eigenvalue weighted by molar-refractivity contribution is 6.30. The number of aromatic amines is 1. The van der Waals surface area contributed by atoms with Crippen molar-refractivity contribution < 1.29 is 13.7 Å². The van der Waals surface area contributed by atoms with E-state index in [1.54, 1.807) is 42.5 Å². The monoisotopic (exact) mass is 396 g/mol. The minimum absolute atomic E-state index is 0.209. The number of rotatable bonds is 5. The SMILES string of the molecule is O=C(N[C@H](c1cccc(Cl)c1)c1ccon1)c1cn[nH]c1-c1ccccc1F. The van der Waals surface area contributed by atoms with E-state index < -0.39 is 17.8 Å². The van der Waals surface area contributed by atoms with Gasteiger partial charge < -0.3 is 9.84 Å². The molecular formula is C20H14ClFN4O2. The topological polar surface area (TPSA) is 83.8 Å². The van der Waals surface area contributed by atoms with Crippen LogP contribution >= 0.6 is 11.6 Å². The molecule has 0 radical (unpaired) electrons. The number of amides is 1. The van der Waals surface area contributed by atoms with Gasteiger partial charge in [-0.15, -0.1) is 0 Å². The largest absolute Gasteiger partial charge is 0.364 e. The van der Waals surface area contributed by atoms with Crippen molar-refractivity contribution in [2.24, 2.45) is 0 Å². The smallest absolute Gasteiger partial charge is 0.255 e. The molecule has 0 saturated carbocycles. The average Bonchev–Trinajstić information content (AvgIpc) is 3.38. The van der Waals surface area contributed by atoms with E-state index in [0.717, 1.165) is 5.56 Å². The Kier molecular flexibility index (Phi) is 4.90. The minimum Gasteiger partial charge on any atom is -0.364 e. The zero-order valence-corrected chi connectivity index (χ0v) is 15.2. The van der Waals surface area contributed by atoms with Crippen LogP contribution in [-0.2, 0) is 0 Å². The second-order valence-corrected chi connectivity index (χ2v) is 6.46. The summed E-state index contributed by atoms with van der Waals surface area (Å²) in [5.74, 6) is -0.899. The normalized spacial score (nSPS) is 11.9. The number of carbonyl (C=O) groups excluding carboxylic acids is 1. The third kappa shape index (κ3) is 3.52. The molecule has 1 amide bonds. The number of H-pyrrole nitrogens is 1. The molecule has 28 heavy (non-hydrogen) atoms. The molecule has 0 fully saturated rings. The Morgan fingerprint density at radius 2 is 2.04 bits per heavy atom. The molecule has 0 aliphatic rings. The molecule has 2 aromatic carbocycles. The van der Waals surface area contributed by atoms with E-state index in [2.05, 4.69) is 20.7 Å². The molecule has 4 aromatic rings. The van der Waals surface area contributed by atoms with Crippen LogP contribution in [0.3, 0.4) is 0 Å². The van der Waals surface area contributed by atoms with Crippen molar-refractivity contribution in [1.29, 1.82) is 0 Å². The number of aromatic nitrogens is 3. The molecule has 0 bridgehead atoms. The molecule has 0 aliphatic carbocycles. The first kappa shape index (κ1) is 17.9. The van der Waals surface area contributed by atoms with E-state index in [1.165, 1.54) is 18.5 Å². The zero-order valence-electron chi connectivity index (χ0n) is 14.4.